The number of hydrogen-bond donors (Lipinski definition) is 0. The van der Waals surface area contributed by atoms with Crippen molar-refractivity contribution in [2.45, 2.75) is 93.2 Å². The second-order valence-corrected chi connectivity index (χ2v) is 16.4. The molecule has 0 amide bonds. The van der Waals surface area contributed by atoms with E-state index >= 15 is 0 Å². The molecule has 0 aromatic heterocycles. The van der Waals surface area contributed by atoms with Crippen LogP contribution in [-0.4, -0.2) is 5.43 Å². The number of hydrogen-bond acceptors (Lipinski definition) is 0. The molecule has 2 atom stereocenters. The van der Waals surface area contributed by atoms with Gasteiger partial charge in [0.2, 0.25) is 0 Å². The Kier molecular flexibility index (Phi) is 23.3. The van der Waals surface area contributed by atoms with Gasteiger partial charge >= 0.3 is 41.9 Å². The first-order valence-corrected chi connectivity index (χ1v) is 16.7. The summed E-state index contributed by atoms with van der Waals surface area (Å²) in [4.78, 5) is 0. The Balaban J connectivity index is -0.000000355. The molecule has 2 aliphatic carbocycles. The summed E-state index contributed by atoms with van der Waals surface area (Å²) < 4.78 is 0. The maximum atomic E-state index is 3.52. The summed E-state index contributed by atoms with van der Waals surface area (Å²) in [5.74, 6) is 1.22. The Morgan fingerprint density at radius 2 is 1.00 bits per heavy atom. The summed E-state index contributed by atoms with van der Waals surface area (Å²) >= 11 is 1.74. The maximum Gasteiger partial charge on any atom is -1.00 e. The van der Waals surface area contributed by atoms with Crippen LogP contribution in [0, 0.1) is 24.0 Å². The van der Waals surface area contributed by atoms with Gasteiger partial charge in [-0.3, -0.25) is 12.2 Å². The molecule has 0 aliphatic heterocycles. The standard InChI is InChI=1S/2C11H17.C2H6Si.2ClH.Zr/c2*1-4-9-7-10(5-2)11(6-3)8-9;1-3-2;;;/h2*7,9H,4-6H2,1-3H3;1-2H3;2*1H;/q2*-1;;;;+2/p-2. The molecule has 0 saturated carbocycles. The van der Waals surface area contributed by atoms with Crippen molar-refractivity contribution in [1.29, 1.82) is 0 Å². The van der Waals surface area contributed by atoms with Crippen LogP contribution in [0.4, 0.5) is 0 Å². The van der Waals surface area contributed by atoms with E-state index < -0.39 is 0 Å². The summed E-state index contributed by atoms with van der Waals surface area (Å²) in [5.41, 5.74) is 6.18. The number of allylic oxidation sites excluding steroid dienone is 8. The summed E-state index contributed by atoms with van der Waals surface area (Å²) in [6.45, 7) is 17.9. The summed E-state index contributed by atoms with van der Waals surface area (Å²) in [6.07, 6.45) is 18.8. The van der Waals surface area contributed by atoms with Gasteiger partial charge in [0.25, 0.3) is 0 Å². The molecule has 0 heterocycles. The molecule has 0 spiro atoms. The van der Waals surface area contributed by atoms with Gasteiger partial charge in [0.1, 0.15) is 0 Å². The van der Waals surface area contributed by atoms with E-state index in [9.17, 15) is 0 Å². The van der Waals surface area contributed by atoms with E-state index in [4.69, 9.17) is 0 Å². The average Bonchev–Trinajstić information content (AvgIpc) is 3.24. The Bertz CT molecular complexity index is 471. The van der Waals surface area contributed by atoms with Gasteiger partial charge in [-0.15, -0.1) is 0 Å². The van der Waals surface area contributed by atoms with Crippen LogP contribution in [0.5, 0.6) is 0 Å². The SMILES string of the molecule is CCC1=[C-]C(CC)C=C1CC.CCC1=[C-]C(CC)C=C1CC.C[Si](C)=[Zr+2].[Cl-].[Cl-]. The van der Waals surface area contributed by atoms with Crippen molar-refractivity contribution >= 4 is 5.43 Å². The van der Waals surface area contributed by atoms with Crippen LogP contribution < -0.4 is 24.8 Å². The molecule has 4 heteroatoms. The fourth-order valence-electron chi connectivity index (χ4n) is 3.16. The molecule has 2 rings (SSSR count). The first kappa shape index (κ1) is 33.3. The van der Waals surface area contributed by atoms with Crippen molar-refractivity contribution in [3.8, 4) is 0 Å². The molecule has 2 unspecified atom stereocenters. The third-order valence-electron chi connectivity index (χ3n) is 4.65. The van der Waals surface area contributed by atoms with E-state index in [2.05, 4.69) is 78.9 Å². The van der Waals surface area contributed by atoms with Gasteiger partial charge in [0, 0.05) is 0 Å². The van der Waals surface area contributed by atoms with E-state index in [1.165, 1.54) is 48.0 Å². The normalized spacial score (nSPS) is 19.4. The van der Waals surface area contributed by atoms with Crippen molar-refractivity contribution in [3.63, 3.8) is 0 Å². The van der Waals surface area contributed by atoms with Crippen LogP contribution >= 0.6 is 0 Å². The van der Waals surface area contributed by atoms with Gasteiger partial charge in [0.15, 0.2) is 0 Å². The maximum absolute atomic E-state index is 3.52. The average molecular weight is 519 g/mol. The minimum absolute atomic E-state index is 0. The van der Waals surface area contributed by atoms with E-state index in [1.54, 1.807) is 23.3 Å². The predicted octanol–water partition coefficient (Wildman–Crippen LogP) is 1.80. The van der Waals surface area contributed by atoms with Crippen LogP contribution in [-0.2, 0) is 23.3 Å². The Labute approximate surface area is 204 Å². The van der Waals surface area contributed by atoms with E-state index in [1.807, 2.05) is 0 Å². The van der Waals surface area contributed by atoms with E-state index in [-0.39, 0.29) is 30.2 Å². The summed E-state index contributed by atoms with van der Waals surface area (Å²) in [7, 11) is 0. The molecule has 2 aliphatic rings. The van der Waals surface area contributed by atoms with Crippen LogP contribution in [0.2, 0.25) is 13.1 Å². The topological polar surface area (TPSA) is 0 Å². The molecule has 0 radical (unpaired) electrons. The van der Waals surface area contributed by atoms with Crippen LogP contribution in [0.15, 0.2) is 34.4 Å². The summed E-state index contributed by atoms with van der Waals surface area (Å²) in [6, 6.07) is 0. The molecule has 28 heavy (non-hydrogen) atoms. The third kappa shape index (κ3) is 13.0. The van der Waals surface area contributed by atoms with Crippen molar-refractivity contribution in [3.05, 3.63) is 46.6 Å². The van der Waals surface area contributed by atoms with Gasteiger partial charge in [-0.1, -0.05) is 91.9 Å². The second-order valence-electron chi connectivity index (χ2n) is 7.07. The smallest absolute Gasteiger partial charge is 1.00 e. The monoisotopic (exact) mass is 516 g/mol. The van der Waals surface area contributed by atoms with Crippen molar-refractivity contribution in [1.82, 2.24) is 0 Å². The van der Waals surface area contributed by atoms with Crippen molar-refractivity contribution in [2.24, 2.45) is 11.8 Å². The Morgan fingerprint density at radius 1 is 0.714 bits per heavy atom. The van der Waals surface area contributed by atoms with E-state index in [0.717, 1.165) is 12.8 Å². The van der Waals surface area contributed by atoms with Crippen LogP contribution in [0.1, 0.15) is 80.1 Å². The van der Waals surface area contributed by atoms with Crippen molar-refractivity contribution < 1.29 is 48.1 Å². The van der Waals surface area contributed by atoms with Gasteiger partial charge < -0.3 is 24.8 Å². The number of halogens is 2. The van der Waals surface area contributed by atoms with Crippen molar-refractivity contribution in [2.75, 3.05) is 0 Å². The largest absolute Gasteiger partial charge is 1.00 e. The summed E-state index contributed by atoms with van der Waals surface area (Å²) in [5, 5.41) is 0. The molecule has 160 valence electrons. The van der Waals surface area contributed by atoms with Crippen LogP contribution in [0.25, 0.3) is 0 Å². The molecular weight excluding hydrogens is 478 g/mol. The molecule has 0 nitrogen and oxygen atoms in total. The Hall–Kier alpha value is 0.640. The zero-order valence-electron chi connectivity index (χ0n) is 19.3. The third-order valence-corrected chi connectivity index (χ3v) is 4.65. The minimum Gasteiger partial charge on any atom is -1.00 e. The van der Waals surface area contributed by atoms with Gasteiger partial charge in [-0.2, -0.15) is 23.3 Å². The molecule has 0 fully saturated rings. The fraction of sp³-hybridized carbons (Fsp3) is 0.667. The second kappa shape index (κ2) is 19.6. The molecule has 0 N–H and O–H groups in total. The molecule has 0 saturated heterocycles. The van der Waals surface area contributed by atoms with Gasteiger partial charge in [0.05, 0.1) is 0 Å². The van der Waals surface area contributed by atoms with Crippen LogP contribution in [0.3, 0.4) is 0 Å². The minimum atomic E-state index is 0. The van der Waals surface area contributed by atoms with E-state index in [0.29, 0.717) is 11.8 Å². The zero-order valence-corrected chi connectivity index (χ0v) is 24.3. The predicted molar refractivity (Wildman–Crippen MR) is 116 cm³/mol. The molecule has 0 aromatic rings. The molecule has 0 bridgehead atoms. The Morgan fingerprint density at radius 3 is 1.14 bits per heavy atom. The fourth-order valence-corrected chi connectivity index (χ4v) is 3.16. The van der Waals surface area contributed by atoms with Gasteiger partial charge in [-0.05, 0) is 0 Å². The van der Waals surface area contributed by atoms with Gasteiger partial charge in [-0.25, -0.2) is 11.1 Å². The molecular formula is C24H40Cl2SiZr-2. The first-order chi connectivity index (χ1) is 12.4. The first-order valence-electron chi connectivity index (χ1n) is 10.5. The number of rotatable bonds is 6. The quantitative estimate of drug-likeness (QED) is 0.372. The molecule has 0 aromatic carbocycles. The zero-order chi connectivity index (χ0) is 20.1.